The van der Waals surface area contributed by atoms with Crippen LogP contribution in [0.2, 0.25) is 0 Å². The molecule has 4 N–H and O–H groups in total. The maximum atomic E-state index is 13.7. The molecule has 1 aromatic carbocycles. The van der Waals surface area contributed by atoms with Crippen LogP contribution in [0.1, 0.15) is 69.8 Å². The average molecular weight is 475 g/mol. The Labute approximate surface area is 199 Å². The monoisotopic (exact) mass is 474 g/mol. The first-order chi connectivity index (χ1) is 16.3. The third-order valence-corrected chi connectivity index (χ3v) is 6.61. The van der Waals surface area contributed by atoms with Gasteiger partial charge in [-0.2, -0.15) is 0 Å². The Kier molecular flexibility index (Phi) is 9.42. The van der Waals surface area contributed by atoms with Gasteiger partial charge in [0.05, 0.1) is 7.11 Å². The van der Waals surface area contributed by atoms with E-state index in [-0.39, 0.29) is 48.2 Å². The fourth-order valence-corrected chi connectivity index (χ4v) is 4.74. The molecule has 1 heterocycles. The summed E-state index contributed by atoms with van der Waals surface area (Å²) >= 11 is 0. The van der Waals surface area contributed by atoms with Crippen LogP contribution in [0.15, 0.2) is 23.2 Å². The van der Waals surface area contributed by atoms with E-state index in [0.717, 1.165) is 31.2 Å². The Bertz CT molecular complexity index is 914. The number of nitrogens with zero attached hydrogens (tertiary/aromatic N) is 1. The molecule has 0 spiro atoms. The van der Waals surface area contributed by atoms with Gasteiger partial charge < -0.3 is 15.8 Å². The molecular weight excluding hydrogens is 439 g/mol. The number of rotatable bonds is 10. The summed E-state index contributed by atoms with van der Waals surface area (Å²) in [7, 11) is 1.40. The van der Waals surface area contributed by atoms with Crippen molar-refractivity contribution >= 4 is 23.6 Å². The molecule has 2 aliphatic rings. The fourth-order valence-electron chi connectivity index (χ4n) is 4.74. The highest BCUT2D eigenvalue weighted by Crippen LogP contribution is 2.29. The third-order valence-electron chi connectivity index (χ3n) is 6.61. The lowest BCUT2D eigenvalue weighted by Crippen LogP contribution is -2.41. The molecule has 0 aromatic heterocycles. The van der Waals surface area contributed by atoms with E-state index in [1.54, 1.807) is 12.1 Å². The largest absolute Gasteiger partial charge is 0.494 e. The summed E-state index contributed by atoms with van der Waals surface area (Å²) in [5.41, 5.74) is 6.80. The number of guanidine groups is 1. The number of carbonyl (C=O) groups excluding carboxylic acids is 3. The van der Waals surface area contributed by atoms with E-state index < -0.39 is 11.9 Å². The molecule has 0 radical (unpaired) electrons. The molecule has 1 aromatic rings. The molecule has 34 heavy (non-hydrogen) atoms. The van der Waals surface area contributed by atoms with E-state index >= 15 is 0 Å². The van der Waals surface area contributed by atoms with Crippen LogP contribution >= 0.6 is 0 Å². The highest BCUT2D eigenvalue weighted by atomic mass is 19.1. The molecule has 1 saturated carbocycles. The van der Waals surface area contributed by atoms with Crippen molar-refractivity contribution in [2.24, 2.45) is 16.6 Å². The van der Waals surface area contributed by atoms with Crippen molar-refractivity contribution in [3.05, 3.63) is 29.6 Å². The van der Waals surface area contributed by atoms with Crippen molar-refractivity contribution in [1.82, 2.24) is 10.6 Å². The number of ketones is 1. The van der Waals surface area contributed by atoms with E-state index in [1.807, 2.05) is 0 Å². The summed E-state index contributed by atoms with van der Waals surface area (Å²) in [6, 6.07) is 3.72. The molecule has 1 aliphatic carbocycles. The number of amides is 2. The minimum atomic E-state index is -0.642. The molecule has 0 bridgehead atoms. The second-order valence-electron chi connectivity index (χ2n) is 9.26. The summed E-state index contributed by atoms with van der Waals surface area (Å²) < 4.78 is 18.7. The fraction of sp³-hybridized carbons (Fsp3) is 0.600. The van der Waals surface area contributed by atoms with Gasteiger partial charge in [0.15, 0.2) is 23.3 Å². The number of nitrogens with one attached hydrogen (secondary N) is 2. The molecule has 3 rings (SSSR count). The first kappa shape index (κ1) is 25.6. The van der Waals surface area contributed by atoms with Gasteiger partial charge in [-0.1, -0.05) is 38.2 Å². The van der Waals surface area contributed by atoms with Crippen LogP contribution in [0, 0.1) is 11.7 Å². The van der Waals surface area contributed by atoms with Gasteiger partial charge in [-0.05, 0) is 42.9 Å². The molecule has 2 atom stereocenters. The molecule has 2 amide bonds. The quantitative estimate of drug-likeness (QED) is 0.355. The lowest BCUT2D eigenvalue weighted by molar-refractivity contribution is -0.122. The minimum Gasteiger partial charge on any atom is -0.494 e. The van der Waals surface area contributed by atoms with Crippen LogP contribution in [0.25, 0.3) is 0 Å². The van der Waals surface area contributed by atoms with Crippen molar-refractivity contribution in [2.45, 2.75) is 82.7 Å². The number of aliphatic imine (C=N–C) groups is 1. The van der Waals surface area contributed by atoms with Crippen molar-refractivity contribution in [1.29, 1.82) is 0 Å². The number of aryl methyl sites for hydroxylation is 1. The summed E-state index contributed by atoms with van der Waals surface area (Å²) in [6.45, 7) is 0. The normalized spacial score (nSPS) is 20.0. The van der Waals surface area contributed by atoms with Gasteiger partial charge in [0.2, 0.25) is 11.8 Å². The number of Topliss-reactive ketones (excluding diaryl/α,β-unsaturated/α-hetero) is 1. The van der Waals surface area contributed by atoms with Gasteiger partial charge in [-0.15, -0.1) is 0 Å². The van der Waals surface area contributed by atoms with E-state index in [4.69, 9.17) is 10.5 Å². The van der Waals surface area contributed by atoms with E-state index in [0.29, 0.717) is 31.6 Å². The van der Waals surface area contributed by atoms with Crippen LogP contribution in [-0.2, 0) is 20.8 Å². The Hall–Kier alpha value is -2.97. The zero-order valence-electron chi connectivity index (χ0n) is 19.8. The Morgan fingerprint density at radius 3 is 2.71 bits per heavy atom. The van der Waals surface area contributed by atoms with Crippen molar-refractivity contribution in [3.63, 3.8) is 0 Å². The average Bonchev–Trinajstić information content (AvgIpc) is 3.22. The smallest absolute Gasteiger partial charge is 0.228 e. The number of benzene rings is 1. The topological polar surface area (TPSA) is 123 Å². The third kappa shape index (κ3) is 7.81. The molecular formula is C25H35FN4O4. The van der Waals surface area contributed by atoms with Crippen LogP contribution in [0.4, 0.5) is 4.39 Å². The zero-order valence-corrected chi connectivity index (χ0v) is 19.8. The van der Waals surface area contributed by atoms with Crippen LogP contribution < -0.4 is 21.1 Å². The molecule has 1 aliphatic heterocycles. The van der Waals surface area contributed by atoms with Crippen LogP contribution in [0.3, 0.4) is 0 Å². The number of halogens is 1. The lowest BCUT2D eigenvalue weighted by atomic mass is 9.83. The predicted molar refractivity (Wildman–Crippen MR) is 127 cm³/mol. The summed E-state index contributed by atoms with van der Waals surface area (Å²) in [6.07, 6.45) is 8.01. The second-order valence-corrected chi connectivity index (χ2v) is 9.26. The van der Waals surface area contributed by atoms with Crippen LogP contribution in [-0.4, -0.2) is 42.8 Å². The number of ether oxygens (including phenoxy) is 1. The Morgan fingerprint density at radius 2 is 2.03 bits per heavy atom. The van der Waals surface area contributed by atoms with E-state index in [1.165, 1.54) is 19.6 Å². The maximum absolute atomic E-state index is 13.7. The molecule has 9 heteroatoms. The highest BCUT2D eigenvalue weighted by Gasteiger charge is 2.26. The number of hydrogen-bond donors (Lipinski definition) is 3. The number of carbonyl (C=O) groups is 3. The van der Waals surface area contributed by atoms with Gasteiger partial charge in [-0.25, -0.2) is 9.38 Å². The lowest BCUT2D eigenvalue weighted by Gasteiger charge is -2.24. The van der Waals surface area contributed by atoms with Gasteiger partial charge in [0, 0.05) is 25.3 Å². The van der Waals surface area contributed by atoms with Crippen LogP contribution in [0.5, 0.6) is 5.75 Å². The molecule has 186 valence electrons. The summed E-state index contributed by atoms with van der Waals surface area (Å²) in [5, 5.41) is 5.31. The SMILES string of the molecule is COc1cc(CCC(=O)[C@@H](CC2CCCCC2)N=C(N)NC(=O)C[C@@H]2CCC(=O)N2)ccc1F. The first-order valence-corrected chi connectivity index (χ1v) is 12.1. The molecule has 8 nitrogen and oxygen atoms in total. The molecule has 0 unspecified atom stereocenters. The number of nitrogens with two attached hydrogens (primary N) is 1. The van der Waals surface area contributed by atoms with E-state index in [2.05, 4.69) is 15.6 Å². The van der Waals surface area contributed by atoms with Gasteiger partial charge in [0.1, 0.15) is 6.04 Å². The minimum absolute atomic E-state index is 0.0589. The van der Waals surface area contributed by atoms with Gasteiger partial charge >= 0.3 is 0 Å². The van der Waals surface area contributed by atoms with Gasteiger partial charge in [-0.3, -0.25) is 19.7 Å². The second kappa shape index (κ2) is 12.5. The zero-order chi connectivity index (χ0) is 24.5. The Morgan fingerprint density at radius 1 is 1.26 bits per heavy atom. The maximum Gasteiger partial charge on any atom is 0.228 e. The molecule has 1 saturated heterocycles. The first-order valence-electron chi connectivity index (χ1n) is 12.1. The van der Waals surface area contributed by atoms with E-state index in [9.17, 15) is 18.8 Å². The van der Waals surface area contributed by atoms with Crippen molar-refractivity contribution in [3.8, 4) is 5.75 Å². The van der Waals surface area contributed by atoms with Crippen molar-refractivity contribution < 1.29 is 23.5 Å². The summed E-state index contributed by atoms with van der Waals surface area (Å²) in [5.74, 6) is -0.437. The highest BCUT2D eigenvalue weighted by molar-refractivity contribution is 5.98. The van der Waals surface area contributed by atoms with Gasteiger partial charge in [0.25, 0.3) is 0 Å². The standard InChI is InChI=1S/C25H35FN4O4/c1-34-22-14-17(7-10-19(22)26)8-11-21(31)20(13-16-5-3-2-4-6-16)29-25(27)30-24(33)15-18-9-12-23(32)28-18/h7,10,14,16,18,20H,2-6,8-9,11-13,15H2,1H3,(H,28,32)(H3,27,29,30,33)/t18-,20+/m0/s1. The van der Waals surface area contributed by atoms with Crippen molar-refractivity contribution in [2.75, 3.05) is 7.11 Å². The number of hydrogen-bond acceptors (Lipinski definition) is 5. The predicted octanol–water partition coefficient (Wildman–Crippen LogP) is 2.77. The molecule has 2 fully saturated rings. The Balaban J connectivity index is 1.62. The number of methoxy groups -OCH3 is 1. The summed E-state index contributed by atoms with van der Waals surface area (Å²) in [4.78, 5) is 41.2.